The average molecular weight is 561 g/mol. The number of hydrogen-bond donors (Lipinski definition) is 1. The van der Waals surface area contributed by atoms with E-state index < -0.39 is 5.76 Å². The Balaban J connectivity index is 1.39. The molecule has 0 saturated carbocycles. The summed E-state index contributed by atoms with van der Waals surface area (Å²) in [5.41, 5.74) is 7.55. The maximum Gasteiger partial charge on any atom is 0.439 e. The van der Waals surface area contributed by atoms with Crippen molar-refractivity contribution in [1.82, 2.24) is 29.3 Å². The fraction of sp³-hybridized carbons (Fsp3) is 0.242. The van der Waals surface area contributed by atoms with Gasteiger partial charge in [0.2, 0.25) is 5.78 Å². The van der Waals surface area contributed by atoms with Crippen LogP contribution in [0, 0.1) is 6.92 Å². The van der Waals surface area contributed by atoms with Crippen LogP contribution in [0.25, 0.3) is 28.3 Å². The molecule has 0 radical (unpaired) electrons. The monoisotopic (exact) mass is 560 g/mol. The van der Waals surface area contributed by atoms with Gasteiger partial charge in [0, 0.05) is 17.5 Å². The van der Waals surface area contributed by atoms with Crippen LogP contribution < -0.4 is 11.3 Å². The lowest BCUT2D eigenvalue weighted by atomic mass is 9.96. The van der Waals surface area contributed by atoms with Gasteiger partial charge in [0.25, 0.3) is 5.56 Å². The molecule has 3 heterocycles. The molecule has 0 unspecified atom stereocenters. The minimum absolute atomic E-state index is 0.0395. The van der Waals surface area contributed by atoms with Gasteiger partial charge < -0.3 is 0 Å². The lowest BCUT2D eigenvalue weighted by Crippen LogP contribution is -2.30. The van der Waals surface area contributed by atoms with Crippen LogP contribution in [-0.2, 0) is 25.8 Å². The fourth-order valence-electron chi connectivity index (χ4n) is 5.43. The van der Waals surface area contributed by atoms with Crippen LogP contribution in [0.15, 0.2) is 86.9 Å². The fourth-order valence-corrected chi connectivity index (χ4v) is 5.43. The van der Waals surface area contributed by atoms with Crippen molar-refractivity contribution in [3.8, 4) is 22.5 Å². The van der Waals surface area contributed by atoms with Gasteiger partial charge in [-0.2, -0.15) is 10.1 Å². The van der Waals surface area contributed by atoms with Crippen LogP contribution in [0.5, 0.6) is 0 Å². The van der Waals surface area contributed by atoms with E-state index >= 15 is 0 Å². The van der Waals surface area contributed by atoms with E-state index in [0.29, 0.717) is 30.4 Å². The summed E-state index contributed by atoms with van der Waals surface area (Å²) in [7, 11) is 0. The van der Waals surface area contributed by atoms with Crippen molar-refractivity contribution in [2.24, 2.45) is 0 Å². The smallest absolute Gasteiger partial charge is 0.296 e. The molecular formula is C33H32N6O3. The summed E-state index contributed by atoms with van der Waals surface area (Å²) in [6.45, 7) is 6.52. The Morgan fingerprint density at radius 1 is 0.857 bits per heavy atom. The predicted molar refractivity (Wildman–Crippen MR) is 162 cm³/mol. The van der Waals surface area contributed by atoms with E-state index in [-0.39, 0.29) is 5.56 Å². The highest BCUT2D eigenvalue weighted by Crippen LogP contribution is 2.30. The van der Waals surface area contributed by atoms with Crippen LogP contribution in [0.3, 0.4) is 0 Å². The van der Waals surface area contributed by atoms with Crippen molar-refractivity contribution < 1.29 is 4.52 Å². The number of rotatable bonds is 9. The van der Waals surface area contributed by atoms with Crippen LogP contribution >= 0.6 is 0 Å². The molecule has 1 N–H and O–H groups in total. The third-order valence-electron chi connectivity index (χ3n) is 7.57. The molecule has 0 aliphatic heterocycles. The minimum atomic E-state index is -0.596. The lowest BCUT2D eigenvalue weighted by molar-refractivity contribution is 0.388. The number of nitrogens with one attached hydrogen (secondary N) is 1. The number of aromatic nitrogens is 6. The first-order valence-corrected chi connectivity index (χ1v) is 14.3. The normalized spacial score (nSPS) is 11.4. The number of aryl methyl sites for hydroxylation is 3. The first kappa shape index (κ1) is 27.1. The number of fused-ring (bicyclic) bond motifs is 1. The summed E-state index contributed by atoms with van der Waals surface area (Å²) in [6.07, 6.45) is 3.03. The Bertz CT molecular complexity index is 1980. The molecule has 0 aliphatic carbocycles. The standard InChI is InChI=1S/C33H32N6O3/c1-4-8-29-28(31(40)38(32-34-21(3)36-39(29)32)20-24-13-11-22(5-2)12-14-24)19-23-15-17-25(18-16-23)26-9-6-7-10-27(26)30-35-33(41)42-37-30/h6-7,9-18H,4-5,8,19-20H2,1-3H3,(H,35,37,41). The van der Waals surface area contributed by atoms with E-state index in [1.165, 1.54) is 5.56 Å². The van der Waals surface area contributed by atoms with E-state index in [1.54, 1.807) is 4.57 Å². The van der Waals surface area contributed by atoms with Gasteiger partial charge in [-0.1, -0.05) is 98.2 Å². The zero-order valence-corrected chi connectivity index (χ0v) is 23.9. The molecule has 0 fully saturated rings. The number of benzene rings is 3. The largest absolute Gasteiger partial charge is 0.439 e. The first-order valence-electron chi connectivity index (χ1n) is 14.3. The first-order chi connectivity index (χ1) is 20.4. The maximum atomic E-state index is 14.1. The Labute approximate surface area is 242 Å². The number of hydrogen-bond acceptors (Lipinski definition) is 6. The Kier molecular flexibility index (Phi) is 7.39. The topological polar surface area (TPSA) is 111 Å². The molecule has 0 bridgehead atoms. The van der Waals surface area contributed by atoms with Crippen LogP contribution in [-0.4, -0.2) is 29.3 Å². The molecule has 42 heavy (non-hydrogen) atoms. The summed E-state index contributed by atoms with van der Waals surface area (Å²) >= 11 is 0. The van der Waals surface area contributed by atoms with Crippen LogP contribution in [0.2, 0.25) is 0 Å². The van der Waals surface area contributed by atoms with Crippen molar-refractivity contribution >= 4 is 5.78 Å². The Morgan fingerprint density at radius 2 is 1.55 bits per heavy atom. The second-order valence-corrected chi connectivity index (χ2v) is 10.5. The van der Waals surface area contributed by atoms with Crippen molar-refractivity contribution in [1.29, 1.82) is 0 Å². The van der Waals surface area contributed by atoms with E-state index in [2.05, 4.69) is 53.2 Å². The highest BCUT2D eigenvalue weighted by Gasteiger charge is 2.20. The van der Waals surface area contributed by atoms with Crippen LogP contribution in [0.4, 0.5) is 0 Å². The van der Waals surface area contributed by atoms with Crippen molar-refractivity contribution in [2.45, 2.75) is 53.0 Å². The van der Waals surface area contributed by atoms with Crippen molar-refractivity contribution in [2.75, 3.05) is 0 Å². The van der Waals surface area contributed by atoms with E-state index in [0.717, 1.165) is 58.3 Å². The molecule has 9 nitrogen and oxygen atoms in total. The van der Waals surface area contributed by atoms with Crippen molar-refractivity contribution in [3.05, 3.63) is 127 Å². The Hall–Kier alpha value is -5.05. The minimum Gasteiger partial charge on any atom is -0.296 e. The summed E-state index contributed by atoms with van der Waals surface area (Å²) < 4.78 is 8.33. The van der Waals surface area contributed by atoms with Gasteiger partial charge in [0.1, 0.15) is 5.82 Å². The zero-order chi connectivity index (χ0) is 29.2. The van der Waals surface area contributed by atoms with Gasteiger partial charge in [0.15, 0.2) is 5.82 Å². The molecule has 0 amide bonds. The lowest BCUT2D eigenvalue weighted by Gasteiger charge is -2.16. The highest BCUT2D eigenvalue weighted by atomic mass is 16.5. The van der Waals surface area contributed by atoms with Gasteiger partial charge in [-0.15, -0.1) is 0 Å². The van der Waals surface area contributed by atoms with Gasteiger partial charge in [0.05, 0.1) is 12.2 Å². The average Bonchev–Trinajstić information content (AvgIpc) is 3.63. The molecule has 0 spiro atoms. The zero-order valence-electron chi connectivity index (χ0n) is 23.9. The molecule has 0 saturated heterocycles. The van der Waals surface area contributed by atoms with Gasteiger partial charge in [-0.3, -0.25) is 18.9 Å². The SMILES string of the molecule is CCCc1c(Cc2ccc(-c3ccccc3-c3noc(=O)[nH]3)cc2)c(=O)n(Cc2ccc(CC)cc2)c2nc(C)nn12. The summed E-state index contributed by atoms with van der Waals surface area (Å²) in [5, 5.41) is 8.57. The number of nitrogens with zero attached hydrogens (tertiary/aromatic N) is 5. The molecule has 6 rings (SSSR count). The molecule has 212 valence electrons. The third kappa shape index (κ3) is 5.21. The second kappa shape index (κ2) is 11.4. The highest BCUT2D eigenvalue weighted by molar-refractivity contribution is 5.80. The van der Waals surface area contributed by atoms with Crippen LogP contribution in [0.1, 0.15) is 54.0 Å². The third-order valence-corrected chi connectivity index (χ3v) is 7.57. The van der Waals surface area contributed by atoms with Crippen molar-refractivity contribution in [3.63, 3.8) is 0 Å². The van der Waals surface area contributed by atoms with E-state index in [4.69, 9.17) is 9.62 Å². The molecule has 3 aromatic carbocycles. The van der Waals surface area contributed by atoms with Gasteiger partial charge in [-0.05, 0) is 47.6 Å². The molecule has 3 aromatic heterocycles. The molecule has 0 atom stereocenters. The van der Waals surface area contributed by atoms with Gasteiger partial charge >= 0.3 is 5.76 Å². The Morgan fingerprint density at radius 3 is 2.21 bits per heavy atom. The summed E-state index contributed by atoms with van der Waals surface area (Å²) in [6, 6.07) is 24.2. The van der Waals surface area contributed by atoms with Gasteiger partial charge in [-0.25, -0.2) is 9.31 Å². The summed E-state index contributed by atoms with van der Waals surface area (Å²) in [5.74, 6) is 0.990. The van der Waals surface area contributed by atoms with E-state index in [9.17, 15) is 9.59 Å². The molecule has 9 heteroatoms. The molecule has 6 aromatic rings. The second-order valence-electron chi connectivity index (χ2n) is 10.5. The van der Waals surface area contributed by atoms with E-state index in [1.807, 2.05) is 60.0 Å². The summed E-state index contributed by atoms with van der Waals surface area (Å²) in [4.78, 5) is 33.0. The number of H-pyrrole nitrogens is 1. The number of aromatic amines is 1. The molecular weight excluding hydrogens is 528 g/mol. The quantitative estimate of drug-likeness (QED) is 0.255. The molecule has 0 aliphatic rings. The predicted octanol–water partition coefficient (Wildman–Crippen LogP) is 5.36. The maximum absolute atomic E-state index is 14.1.